The highest BCUT2D eigenvalue weighted by Crippen LogP contribution is 2.28. The molecule has 0 bridgehead atoms. The lowest BCUT2D eigenvalue weighted by atomic mass is 10.0. The molecule has 4 nitrogen and oxygen atoms in total. The maximum absolute atomic E-state index is 10.9. The van der Waals surface area contributed by atoms with Crippen molar-refractivity contribution in [1.29, 1.82) is 0 Å². The molecule has 1 aromatic heterocycles. The number of pyridine rings is 1. The van der Waals surface area contributed by atoms with Crippen molar-refractivity contribution in [3.05, 3.63) is 48.3 Å². The molecule has 0 fully saturated rings. The van der Waals surface area contributed by atoms with E-state index in [0.29, 0.717) is 5.75 Å². The summed E-state index contributed by atoms with van der Waals surface area (Å²) < 4.78 is 5.21. The Labute approximate surface area is 98.5 Å². The molecule has 86 valence electrons. The molecule has 2 aromatic rings. The zero-order chi connectivity index (χ0) is 12.3. The Kier molecular flexibility index (Phi) is 3.05. The quantitative estimate of drug-likeness (QED) is 0.878. The predicted molar refractivity (Wildman–Crippen MR) is 63.2 cm³/mol. The van der Waals surface area contributed by atoms with Crippen LogP contribution in [0.1, 0.15) is 10.4 Å². The number of hydrogen-bond acceptors (Lipinski definition) is 3. The van der Waals surface area contributed by atoms with E-state index in [-0.39, 0.29) is 5.56 Å². The Morgan fingerprint density at radius 2 is 2.18 bits per heavy atom. The van der Waals surface area contributed by atoms with Gasteiger partial charge in [0.25, 0.3) is 0 Å². The lowest BCUT2D eigenvalue weighted by Crippen LogP contribution is -1.96. The maximum Gasteiger partial charge on any atom is 0.335 e. The number of ether oxygens (including phenoxy) is 1. The van der Waals surface area contributed by atoms with Crippen LogP contribution in [0.2, 0.25) is 0 Å². The van der Waals surface area contributed by atoms with Crippen LogP contribution in [-0.2, 0) is 0 Å². The number of hydrogen-bond donors (Lipinski definition) is 1. The molecule has 0 atom stereocenters. The predicted octanol–water partition coefficient (Wildman–Crippen LogP) is 2.46. The van der Waals surface area contributed by atoms with Gasteiger partial charge in [-0.2, -0.15) is 0 Å². The average molecular weight is 229 g/mol. The van der Waals surface area contributed by atoms with Gasteiger partial charge in [0.15, 0.2) is 0 Å². The van der Waals surface area contributed by atoms with Crippen molar-refractivity contribution >= 4 is 5.97 Å². The third kappa shape index (κ3) is 2.25. The molecule has 2 rings (SSSR count). The molecule has 0 unspecified atom stereocenters. The van der Waals surface area contributed by atoms with E-state index in [2.05, 4.69) is 4.98 Å². The third-order valence-electron chi connectivity index (χ3n) is 2.42. The van der Waals surface area contributed by atoms with E-state index in [4.69, 9.17) is 9.84 Å². The fraction of sp³-hybridized carbons (Fsp3) is 0.0769. The molecule has 0 spiro atoms. The lowest BCUT2D eigenvalue weighted by Gasteiger charge is -2.07. The molecular weight excluding hydrogens is 218 g/mol. The molecular formula is C13H11NO3. The standard InChI is InChI=1S/C13H11NO3/c1-17-12-5-6-14-8-11(12)9-3-2-4-10(7-9)13(15)16/h2-8H,1H3,(H,15,16). The van der Waals surface area contributed by atoms with Crippen molar-refractivity contribution in [2.45, 2.75) is 0 Å². The highest BCUT2D eigenvalue weighted by molar-refractivity contribution is 5.89. The van der Waals surface area contributed by atoms with Crippen molar-refractivity contribution < 1.29 is 14.6 Å². The van der Waals surface area contributed by atoms with Crippen molar-refractivity contribution in [2.24, 2.45) is 0 Å². The van der Waals surface area contributed by atoms with Gasteiger partial charge in [-0.05, 0) is 23.8 Å². The van der Waals surface area contributed by atoms with E-state index >= 15 is 0 Å². The number of nitrogens with zero attached hydrogens (tertiary/aromatic N) is 1. The summed E-state index contributed by atoms with van der Waals surface area (Å²) in [4.78, 5) is 14.9. The fourth-order valence-corrected chi connectivity index (χ4v) is 1.60. The van der Waals surface area contributed by atoms with E-state index in [0.717, 1.165) is 11.1 Å². The highest BCUT2D eigenvalue weighted by atomic mass is 16.5. The minimum Gasteiger partial charge on any atom is -0.496 e. The summed E-state index contributed by atoms with van der Waals surface area (Å²) in [5, 5.41) is 8.94. The van der Waals surface area contributed by atoms with E-state index in [1.807, 2.05) is 6.07 Å². The molecule has 1 N–H and O–H groups in total. The van der Waals surface area contributed by atoms with Crippen LogP contribution in [0.5, 0.6) is 5.75 Å². The van der Waals surface area contributed by atoms with Gasteiger partial charge in [0.05, 0.1) is 12.7 Å². The van der Waals surface area contributed by atoms with Gasteiger partial charge in [0, 0.05) is 18.0 Å². The molecule has 0 aliphatic rings. The molecule has 0 saturated carbocycles. The van der Waals surface area contributed by atoms with Gasteiger partial charge in [0.2, 0.25) is 0 Å². The van der Waals surface area contributed by atoms with Crippen LogP contribution in [0.3, 0.4) is 0 Å². The van der Waals surface area contributed by atoms with E-state index in [9.17, 15) is 4.79 Å². The third-order valence-corrected chi connectivity index (χ3v) is 2.42. The summed E-state index contributed by atoms with van der Waals surface area (Å²) in [5.41, 5.74) is 1.79. The highest BCUT2D eigenvalue weighted by Gasteiger charge is 2.08. The number of carboxylic acid groups (broad SMARTS) is 1. The van der Waals surface area contributed by atoms with E-state index in [1.165, 1.54) is 0 Å². The van der Waals surface area contributed by atoms with E-state index < -0.39 is 5.97 Å². The van der Waals surface area contributed by atoms with Crippen LogP contribution in [0, 0.1) is 0 Å². The molecule has 0 amide bonds. The van der Waals surface area contributed by atoms with Crippen molar-refractivity contribution in [1.82, 2.24) is 4.98 Å². The second-order valence-corrected chi connectivity index (χ2v) is 3.46. The Hall–Kier alpha value is -2.36. The van der Waals surface area contributed by atoms with Gasteiger partial charge in [0.1, 0.15) is 5.75 Å². The maximum atomic E-state index is 10.9. The summed E-state index contributed by atoms with van der Waals surface area (Å²) in [6.45, 7) is 0. The summed E-state index contributed by atoms with van der Waals surface area (Å²) in [7, 11) is 1.57. The molecule has 1 aromatic carbocycles. The Balaban J connectivity index is 2.52. The number of methoxy groups -OCH3 is 1. The van der Waals surface area contributed by atoms with Crippen LogP contribution < -0.4 is 4.74 Å². The first kappa shape index (κ1) is 11.1. The second-order valence-electron chi connectivity index (χ2n) is 3.46. The minimum atomic E-state index is -0.949. The zero-order valence-corrected chi connectivity index (χ0v) is 9.25. The zero-order valence-electron chi connectivity index (χ0n) is 9.25. The minimum absolute atomic E-state index is 0.244. The number of benzene rings is 1. The van der Waals surface area contributed by atoms with Gasteiger partial charge >= 0.3 is 5.97 Å². The largest absolute Gasteiger partial charge is 0.496 e. The van der Waals surface area contributed by atoms with Crippen molar-refractivity contribution in [3.8, 4) is 16.9 Å². The first-order valence-corrected chi connectivity index (χ1v) is 5.04. The summed E-state index contributed by atoms with van der Waals surface area (Å²) in [6, 6.07) is 8.41. The molecule has 0 saturated heterocycles. The summed E-state index contributed by atoms with van der Waals surface area (Å²) in [5.74, 6) is -0.280. The second kappa shape index (κ2) is 4.65. The number of aromatic carboxylic acids is 1. The van der Waals surface area contributed by atoms with Crippen molar-refractivity contribution in [2.75, 3.05) is 7.11 Å². The average Bonchev–Trinajstić information content (AvgIpc) is 2.39. The monoisotopic (exact) mass is 229 g/mol. The van der Waals surface area contributed by atoms with Gasteiger partial charge < -0.3 is 9.84 Å². The Morgan fingerprint density at radius 1 is 1.35 bits per heavy atom. The topological polar surface area (TPSA) is 59.4 Å². The molecule has 17 heavy (non-hydrogen) atoms. The van der Waals surface area contributed by atoms with Crippen LogP contribution in [0.15, 0.2) is 42.7 Å². The smallest absolute Gasteiger partial charge is 0.335 e. The number of rotatable bonds is 3. The first-order valence-electron chi connectivity index (χ1n) is 5.04. The lowest BCUT2D eigenvalue weighted by molar-refractivity contribution is 0.0697. The van der Waals surface area contributed by atoms with Gasteiger partial charge in [-0.1, -0.05) is 12.1 Å². The SMILES string of the molecule is COc1ccncc1-c1cccc(C(=O)O)c1. The van der Waals surface area contributed by atoms with Crippen LogP contribution in [0.25, 0.3) is 11.1 Å². The first-order chi connectivity index (χ1) is 8.22. The molecule has 0 aliphatic heterocycles. The molecule has 0 aliphatic carbocycles. The molecule has 1 heterocycles. The van der Waals surface area contributed by atoms with E-state index in [1.54, 1.807) is 43.8 Å². The van der Waals surface area contributed by atoms with Gasteiger partial charge in [-0.15, -0.1) is 0 Å². The Bertz CT molecular complexity index is 552. The number of carbonyl (C=O) groups is 1. The Morgan fingerprint density at radius 3 is 2.88 bits per heavy atom. The number of carboxylic acids is 1. The molecule has 0 radical (unpaired) electrons. The van der Waals surface area contributed by atoms with Crippen molar-refractivity contribution in [3.63, 3.8) is 0 Å². The normalized spacial score (nSPS) is 9.94. The fourth-order valence-electron chi connectivity index (χ4n) is 1.60. The van der Waals surface area contributed by atoms with Crippen LogP contribution in [-0.4, -0.2) is 23.2 Å². The summed E-state index contributed by atoms with van der Waals surface area (Å²) in [6.07, 6.45) is 3.28. The summed E-state index contributed by atoms with van der Waals surface area (Å²) >= 11 is 0. The molecule has 4 heteroatoms. The van der Waals surface area contributed by atoms with Gasteiger partial charge in [-0.3, -0.25) is 4.98 Å². The van der Waals surface area contributed by atoms with Crippen LogP contribution in [0.4, 0.5) is 0 Å². The number of aromatic nitrogens is 1. The van der Waals surface area contributed by atoms with Gasteiger partial charge in [-0.25, -0.2) is 4.79 Å². The van der Waals surface area contributed by atoms with Crippen LogP contribution >= 0.6 is 0 Å².